The van der Waals surface area contributed by atoms with Gasteiger partial charge in [-0.3, -0.25) is 14.6 Å². The third-order valence-electron chi connectivity index (χ3n) is 4.18. The molecule has 0 unspecified atom stereocenters. The number of hydrogen-bond acceptors (Lipinski definition) is 5. The second-order valence-electron chi connectivity index (χ2n) is 6.19. The maximum atomic E-state index is 12.5. The molecule has 2 amide bonds. The highest BCUT2D eigenvalue weighted by Gasteiger charge is 2.14. The molecule has 0 aliphatic rings. The first-order valence-electron chi connectivity index (χ1n) is 8.77. The first kappa shape index (κ1) is 18.1. The standard InChI is InChI=1S/C22H15N3O4/c26-20(17-13-14-5-1-2-7-19(14)29-22(17)28)24-15-8-10-16(11-9-15)25-21(27)18-6-3-4-12-23-18/h1-13H,(H,24,26)(H,25,27). The molecule has 142 valence electrons. The quantitative estimate of drug-likeness (QED) is 0.522. The molecule has 0 atom stereocenters. The van der Waals surface area contributed by atoms with Crippen LogP contribution < -0.4 is 16.3 Å². The Morgan fingerprint density at radius 2 is 1.45 bits per heavy atom. The molecule has 0 aliphatic heterocycles. The number of nitrogens with zero attached hydrogens (tertiary/aromatic N) is 1. The SMILES string of the molecule is O=C(Nc1ccc(NC(=O)c2cc3ccccc3oc2=O)cc1)c1ccccn1. The summed E-state index contributed by atoms with van der Waals surface area (Å²) in [6.07, 6.45) is 1.54. The molecule has 4 rings (SSSR count). The van der Waals surface area contributed by atoms with Gasteiger partial charge in [0.25, 0.3) is 11.8 Å². The number of anilines is 2. The van der Waals surface area contributed by atoms with E-state index in [9.17, 15) is 14.4 Å². The van der Waals surface area contributed by atoms with Gasteiger partial charge in [-0.15, -0.1) is 0 Å². The van der Waals surface area contributed by atoms with E-state index in [4.69, 9.17) is 4.42 Å². The van der Waals surface area contributed by atoms with Gasteiger partial charge in [-0.1, -0.05) is 24.3 Å². The average molecular weight is 385 g/mol. The van der Waals surface area contributed by atoms with E-state index in [1.54, 1.807) is 66.7 Å². The predicted molar refractivity (Wildman–Crippen MR) is 109 cm³/mol. The number of fused-ring (bicyclic) bond motifs is 1. The average Bonchev–Trinajstić information content (AvgIpc) is 2.75. The number of benzene rings is 2. The fourth-order valence-corrected chi connectivity index (χ4v) is 2.75. The van der Waals surface area contributed by atoms with Gasteiger partial charge in [0.2, 0.25) is 0 Å². The molecule has 0 bridgehead atoms. The molecule has 0 spiro atoms. The summed E-state index contributed by atoms with van der Waals surface area (Å²) in [6, 6.07) is 20.0. The lowest BCUT2D eigenvalue weighted by Crippen LogP contribution is -2.20. The summed E-state index contributed by atoms with van der Waals surface area (Å²) in [6.45, 7) is 0. The molecule has 2 heterocycles. The number of aromatic nitrogens is 1. The molecular formula is C22H15N3O4. The van der Waals surface area contributed by atoms with E-state index in [1.807, 2.05) is 0 Å². The van der Waals surface area contributed by atoms with Crippen LogP contribution in [0.25, 0.3) is 11.0 Å². The van der Waals surface area contributed by atoms with Crippen molar-refractivity contribution in [2.45, 2.75) is 0 Å². The normalized spacial score (nSPS) is 10.5. The summed E-state index contributed by atoms with van der Waals surface area (Å²) in [4.78, 5) is 40.7. The molecular weight excluding hydrogens is 370 g/mol. The van der Waals surface area contributed by atoms with Gasteiger partial charge in [-0.2, -0.15) is 0 Å². The molecule has 2 N–H and O–H groups in total. The monoisotopic (exact) mass is 385 g/mol. The van der Waals surface area contributed by atoms with Gasteiger partial charge in [0.15, 0.2) is 0 Å². The number of rotatable bonds is 4. The van der Waals surface area contributed by atoms with Crippen LogP contribution in [0.3, 0.4) is 0 Å². The molecule has 2 aromatic heterocycles. The van der Waals surface area contributed by atoms with E-state index >= 15 is 0 Å². The zero-order valence-electron chi connectivity index (χ0n) is 15.1. The predicted octanol–water partition coefficient (Wildman–Crippen LogP) is 3.69. The summed E-state index contributed by atoms with van der Waals surface area (Å²) in [5, 5.41) is 6.03. The van der Waals surface area contributed by atoms with Crippen LogP contribution in [0.1, 0.15) is 20.8 Å². The summed E-state index contributed by atoms with van der Waals surface area (Å²) in [5.41, 5.74) is 0.939. The number of hydrogen-bond donors (Lipinski definition) is 2. The molecule has 0 fully saturated rings. The van der Waals surface area contributed by atoms with E-state index in [-0.39, 0.29) is 11.5 Å². The highest BCUT2D eigenvalue weighted by atomic mass is 16.4. The second kappa shape index (κ2) is 7.77. The molecule has 4 aromatic rings. The Morgan fingerprint density at radius 3 is 2.14 bits per heavy atom. The molecule has 0 saturated carbocycles. The Morgan fingerprint density at radius 1 is 0.793 bits per heavy atom. The Hall–Kier alpha value is -4.26. The van der Waals surface area contributed by atoms with Crippen LogP contribution in [-0.2, 0) is 0 Å². The van der Waals surface area contributed by atoms with Crippen LogP contribution in [0.5, 0.6) is 0 Å². The van der Waals surface area contributed by atoms with Crippen LogP contribution in [0.15, 0.2) is 88.2 Å². The lowest BCUT2D eigenvalue weighted by atomic mass is 10.1. The second-order valence-corrected chi connectivity index (χ2v) is 6.19. The van der Waals surface area contributed by atoms with E-state index in [0.29, 0.717) is 28.0 Å². The highest BCUT2D eigenvalue weighted by molar-refractivity contribution is 6.06. The Bertz CT molecular complexity index is 1250. The van der Waals surface area contributed by atoms with Gasteiger partial charge >= 0.3 is 5.63 Å². The van der Waals surface area contributed by atoms with Gasteiger partial charge in [0, 0.05) is 23.0 Å². The minimum absolute atomic E-state index is 0.0868. The molecule has 0 saturated heterocycles. The topological polar surface area (TPSA) is 101 Å². The van der Waals surface area contributed by atoms with Crippen molar-refractivity contribution in [1.29, 1.82) is 0 Å². The Labute approximate surface area is 165 Å². The van der Waals surface area contributed by atoms with Gasteiger partial charge < -0.3 is 15.1 Å². The molecule has 0 radical (unpaired) electrons. The first-order chi connectivity index (χ1) is 14.1. The van der Waals surface area contributed by atoms with Gasteiger partial charge in [0.1, 0.15) is 16.8 Å². The van der Waals surface area contributed by atoms with E-state index in [2.05, 4.69) is 15.6 Å². The highest BCUT2D eigenvalue weighted by Crippen LogP contribution is 2.17. The smallest absolute Gasteiger partial charge is 0.349 e. The van der Waals surface area contributed by atoms with Crippen molar-refractivity contribution in [2.24, 2.45) is 0 Å². The van der Waals surface area contributed by atoms with Gasteiger partial charge in [-0.25, -0.2) is 4.79 Å². The number of para-hydroxylation sites is 1. The van der Waals surface area contributed by atoms with Crippen LogP contribution in [-0.4, -0.2) is 16.8 Å². The van der Waals surface area contributed by atoms with Crippen molar-refractivity contribution in [3.63, 3.8) is 0 Å². The molecule has 29 heavy (non-hydrogen) atoms. The van der Waals surface area contributed by atoms with Gasteiger partial charge in [0.05, 0.1) is 0 Å². The first-order valence-corrected chi connectivity index (χ1v) is 8.77. The van der Waals surface area contributed by atoms with Gasteiger partial charge in [-0.05, 0) is 48.5 Å². The summed E-state index contributed by atoms with van der Waals surface area (Å²) >= 11 is 0. The lowest BCUT2D eigenvalue weighted by Gasteiger charge is -2.08. The van der Waals surface area contributed by atoms with E-state index in [0.717, 1.165) is 0 Å². The van der Waals surface area contributed by atoms with Crippen LogP contribution in [0, 0.1) is 0 Å². The lowest BCUT2D eigenvalue weighted by molar-refractivity contribution is 0.101. The van der Waals surface area contributed by atoms with E-state index in [1.165, 1.54) is 12.3 Å². The van der Waals surface area contributed by atoms with Crippen molar-refractivity contribution in [3.05, 3.63) is 101 Å². The Balaban J connectivity index is 1.47. The van der Waals surface area contributed by atoms with Crippen molar-refractivity contribution in [1.82, 2.24) is 4.98 Å². The number of carbonyl (C=O) groups is 2. The molecule has 0 aliphatic carbocycles. The molecule has 2 aromatic carbocycles. The minimum atomic E-state index is -0.708. The number of pyridine rings is 1. The number of carbonyl (C=O) groups excluding carboxylic acids is 2. The van der Waals surface area contributed by atoms with Crippen molar-refractivity contribution < 1.29 is 14.0 Å². The van der Waals surface area contributed by atoms with E-state index < -0.39 is 11.5 Å². The fourth-order valence-electron chi connectivity index (χ4n) is 2.75. The van der Waals surface area contributed by atoms with Crippen LogP contribution >= 0.6 is 0 Å². The maximum Gasteiger partial charge on any atom is 0.349 e. The zero-order chi connectivity index (χ0) is 20.2. The fraction of sp³-hybridized carbons (Fsp3) is 0. The summed E-state index contributed by atoms with van der Waals surface area (Å²) < 4.78 is 5.19. The Kier molecular flexibility index (Phi) is 4.86. The number of amides is 2. The molecule has 7 heteroatoms. The summed E-state index contributed by atoms with van der Waals surface area (Å²) in [7, 11) is 0. The molecule has 7 nitrogen and oxygen atoms in total. The zero-order valence-corrected chi connectivity index (χ0v) is 15.1. The largest absolute Gasteiger partial charge is 0.422 e. The van der Waals surface area contributed by atoms with Crippen molar-refractivity contribution >= 4 is 34.2 Å². The maximum absolute atomic E-state index is 12.5. The number of nitrogens with one attached hydrogen (secondary N) is 2. The van der Waals surface area contributed by atoms with Crippen LogP contribution in [0.4, 0.5) is 11.4 Å². The van der Waals surface area contributed by atoms with Crippen LogP contribution in [0.2, 0.25) is 0 Å². The van der Waals surface area contributed by atoms with Crippen molar-refractivity contribution in [3.8, 4) is 0 Å². The minimum Gasteiger partial charge on any atom is -0.422 e. The third-order valence-corrected chi connectivity index (χ3v) is 4.18. The third kappa shape index (κ3) is 4.03. The van der Waals surface area contributed by atoms with Crippen molar-refractivity contribution in [2.75, 3.05) is 10.6 Å². The summed E-state index contributed by atoms with van der Waals surface area (Å²) in [5.74, 6) is -0.911.